The van der Waals surface area contributed by atoms with Crippen molar-refractivity contribution in [2.75, 3.05) is 0 Å². The van der Waals surface area contributed by atoms with Crippen molar-refractivity contribution in [1.29, 1.82) is 0 Å². The lowest BCUT2D eigenvalue weighted by Gasteiger charge is -2.08. The van der Waals surface area contributed by atoms with Crippen LogP contribution in [0.3, 0.4) is 0 Å². The Labute approximate surface area is 69.4 Å². The van der Waals surface area contributed by atoms with Gasteiger partial charge in [0.1, 0.15) is 0 Å². The molecule has 2 heteroatoms. The highest BCUT2D eigenvalue weighted by atomic mass is 16.1. The molecule has 1 amide bonds. The lowest BCUT2D eigenvalue weighted by molar-refractivity contribution is -0.121. The van der Waals surface area contributed by atoms with Gasteiger partial charge in [-0.05, 0) is 19.8 Å². The van der Waals surface area contributed by atoms with Gasteiger partial charge in [0.15, 0.2) is 0 Å². The molecule has 0 aromatic carbocycles. The Bertz CT molecular complexity index is 128. The van der Waals surface area contributed by atoms with Crippen LogP contribution in [0.15, 0.2) is 0 Å². The zero-order valence-corrected chi connectivity index (χ0v) is 8.03. The average Bonchev–Trinajstić information content (AvgIpc) is 2.72. The predicted molar refractivity (Wildman–Crippen MR) is 47.4 cm³/mol. The Hall–Kier alpha value is -0.530. The second-order valence-corrected chi connectivity index (χ2v) is 2.96. The molecule has 66 valence electrons. The first-order valence-electron chi connectivity index (χ1n) is 4.47. The largest absolute Gasteiger partial charge is 0.351 e. The van der Waals surface area contributed by atoms with E-state index in [1.807, 2.05) is 20.8 Å². The minimum Gasteiger partial charge on any atom is -0.351 e. The normalized spacial score (nSPS) is 17.8. The Balaban J connectivity index is 0.000000461. The molecule has 0 unspecified atom stereocenters. The van der Waals surface area contributed by atoms with Crippen molar-refractivity contribution < 1.29 is 4.79 Å². The molecule has 0 atom stereocenters. The van der Waals surface area contributed by atoms with Gasteiger partial charge in [-0.1, -0.05) is 20.8 Å². The fourth-order valence-electron chi connectivity index (χ4n) is 0.737. The maximum Gasteiger partial charge on any atom is 0.220 e. The quantitative estimate of drug-likeness (QED) is 0.653. The van der Waals surface area contributed by atoms with Crippen LogP contribution in [0.5, 0.6) is 0 Å². The van der Waals surface area contributed by atoms with Crippen molar-refractivity contribution in [3.8, 4) is 0 Å². The van der Waals surface area contributed by atoms with Crippen LogP contribution in [0.4, 0.5) is 0 Å². The summed E-state index contributed by atoms with van der Waals surface area (Å²) in [5, 5.41) is 2.94. The van der Waals surface area contributed by atoms with E-state index in [0.29, 0.717) is 6.42 Å². The third-order valence-corrected chi connectivity index (χ3v) is 1.76. The van der Waals surface area contributed by atoms with E-state index in [0.717, 1.165) is 12.8 Å². The zero-order chi connectivity index (χ0) is 8.91. The van der Waals surface area contributed by atoms with E-state index in [4.69, 9.17) is 0 Å². The van der Waals surface area contributed by atoms with Crippen LogP contribution in [0.2, 0.25) is 0 Å². The van der Waals surface area contributed by atoms with E-state index in [-0.39, 0.29) is 11.4 Å². The van der Waals surface area contributed by atoms with Gasteiger partial charge in [-0.15, -0.1) is 0 Å². The zero-order valence-electron chi connectivity index (χ0n) is 8.03. The van der Waals surface area contributed by atoms with Crippen LogP contribution >= 0.6 is 0 Å². The minimum absolute atomic E-state index is 0.174. The van der Waals surface area contributed by atoms with Crippen LogP contribution in [0, 0.1) is 0 Å². The number of rotatable bonds is 2. The molecule has 2 nitrogen and oxygen atoms in total. The monoisotopic (exact) mass is 157 g/mol. The maximum absolute atomic E-state index is 10.8. The maximum atomic E-state index is 10.8. The Morgan fingerprint density at radius 3 is 2.18 bits per heavy atom. The van der Waals surface area contributed by atoms with Gasteiger partial charge in [0, 0.05) is 12.0 Å². The summed E-state index contributed by atoms with van der Waals surface area (Å²) in [5.41, 5.74) is 0.174. The molecule has 1 saturated carbocycles. The Morgan fingerprint density at radius 1 is 1.45 bits per heavy atom. The fraction of sp³-hybridized carbons (Fsp3) is 0.889. The minimum atomic E-state index is 0.174. The summed E-state index contributed by atoms with van der Waals surface area (Å²) >= 11 is 0. The van der Waals surface area contributed by atoms with Crippen LogP contribution in [-0.2, 0) is 4.79 Å². The highest BCUT2D eigenvalue weighted by molar-refractivity contribution is 5.76. The van der Waals surface area contributed by atoms with Crippen molar-refractivity contribution in [3.63, 3.8) is 0 Å². The second-order valence-electron chi connectivity index (χ2n) is 2.96. The fourth-order valence-corrected chi connectivity index (χ4v) is 0.737. The summed E-state index contributed by atoms with van der Waals surface area (Å²) < 4.78 is 0. The molecule has 0 radical (unpaired) electrons. The number of hydrogen-bond acceptors (Lipinski definition) is 1. The SMILES string of the molecule is CC.CCC(=O)NC1(C)CC1. The molecule has 0 saturated heterocycles. The van der Waals surface area contributed by atoms with Gasteiger partial charge < -0.3 is 5.32 Å². The lowest BCUT2D eigenvalue weighted by Crippen LogP contribution is -2.33. The van der Waals surface area contributed by atoms with E-state index in [1.54, 1.807) is 0 Å². The highest BCUT2D eigenvalue weighted by Crippen LogP contribution is 2.34. The summed E-state index contributed by atoms with van der Waals surface area (Å²) in [5.74, 6) is 0.176. The Kier molecular flexibility index (Phi) is 4.16. The number of carbonyl (C=O) groups excluding carboxylic acids is 1. The first-order valence-corrected chi connectivity index (χ1v) is 4.47. The molecule has 0 spiro atoms. The third-order valence-electron chi connectivity index (χ3n) is 1.76. The summed E-state index contributed by atoms with van der Waals surface area (Å²) in [4.78, 5) is 10.8. The third kappa shape index (κ3) is 4.02. The van der Waals surface area contributed by atoms with E-state index in [2.05, 4.69) is 12.2 Å². The Morgan fingerprint density at radius 2 is 1.91 bits per heavy atom. The number of nitrogens with one attached hydrogen (secondary N) is 1. The highest BCUT2D eigenvalue weighted by Gasteiger charge is 2.38. The lowest BCUT2D eigenvalue weighted by atomic mass is 10.3. The van der Waals surface area contributed by atoms with Gasteiger partial charge >= 0.3 is 0 Å². The van der Waals surface area contributed by atoms with Gasteiger partial charge in [0.05, 0.1) is 0 Å². The average molecular weight is 157 g/mol. The molecule has 0 aromatic rings. The number of hydrogen-bond donors (Lipinski definition) is 1. The molecule has 0 heterocycles. The molecular weight excluding hydrogens is 138 g/mol. The smallest absolute Gasteiger partial charge is 0.220 e. The summed E-state index contributed by atoms with van der Waals surface area (Å²) in [6, 6.07) is 0. The van der Waals surface area contributed by atoms with Crippen molar-refractivity contribution in [3.05, 3.63) is 0 Å². The molecule has 1 aliphatic carbocycles. The molecule has 0 aliphatic heterocycles. The van der Waals surface area contributed by atoms with Crippen molar-refractivity contribution in [1.82, 2.24) is 5.32 Å². The van der Waals surface area contributed by atoms with Gasteiger partial charge in [0.2, 0.25) is 5.91 Å². The van der Waals surface area contributed by atoms with E-state index >= 15 is 0 Å². The van der Waals surface area contributed by atoms with Gasteiger partial charge in [-0.2, -0.15) is 0 Å². The van der Waals surface area contributed by atoms with Crippen molar-refractivity contribution in [2.45, 2.75) is 52.5 Å². The van der Waals surface area contributed by atoms with Crippen LogP contribution in [0.25, 0.3) is 0 Å². The molecule has 1 rings (SSSR count). The molecule has 0 aromatic heterocycles. The molecule has 1 N–H and O–H groups in total. The van der Waals surface area contributed by atoms with E-state index in [9.17, 15) is 4.79 Å². The first kappa shape index (κ1) is 10.5. The van der Waals surface area contributed by atoms with Crippen LogP contribution in [0.1, 0.15) is 47.0 Å². The van der Waals surface area contributed by atoms with Crippen molar-refractivity contribution in [2.24, 2.45) is 0 Å². The predicted octanol–water partition coefficient (Wildman–Crippen LogP) is 2.09. The molecule has 11 heavy (non-hydrogen) atoms. The van der Waals surface area contributed by atoms with Crippen LogP contribution < -0.4 is 5.32 Å². The van der Waals surface area contributed by atoms with Gasteiger partial charge in [-0.25, -0.2) is 0 Å². The van der Waals surface area contributed by atoms with Crippen molar-refractivity contribution >= 4 is 5.91 Å². The number of amides is 1. The first-order chi connectivity index (χ1) is 5.16. The standard InChI is InChI=1S/C7H13NO.C2H6/c1-3-6(9)8-7(2)4-5-7;1-2/h3-5H2,1-2H3,(H,8,9);1-2H3. The summed E-state index contributed by atoms with van der Waals surface area (Å²) in [6.45, 7) is 7.96. The van der Waals surface area contributed by atoms with E-state index < -0.39 is 0 Å². The molecular formula is C9H19NO. The topological polar surface area (TPSA) is 29.1 Å². The molecule has 1 aliphatic rings. The van der Waals surface area contributed by atoms with Crippen LogP contribution in [-0.4, -0.2) is 11.4 Å². The molecule has 0 bridgehead atoms. The molecule has 1 fully saturated rings. The van der Waals surface area contributed by atoms with Gasteiger partial charge in [0.25, 0.3) is 0 Å². The van der Waals surface area contributed by atoms with E-state index in [1.165, 1.54) is 0 Å². The summed E-state index contributed by atoms with van der Waals surface area (Å²) in [7, 11) is 0. The summed E-state index contributed by atoms with van der Waals surface area (Å²) in [6.07, 6.45) is 2.91. The second kappa shape index (κ2) is 4.37. The van der Waals surface area contributed by atoms with Gasteiger partial charge in [-0.3, -0.25) is 4.79 Å². The number of carbonyl (C=O) groups is 1.